The number of sulfonamides is 1. The minimum Gasteiger partial charge on any atom is -0.495 e. The molecule has 0 unspecified atom stereocenters. The molecule has 2 N–H and O–H groups in total. The number of halogens is 2. The molecule has 5 rings (SSSR count). The molecule has 8 nitrogen and oxygen atoms in total. The average molecular weight is 590 g/mol. The average Bonchev–Trinajstić information content (AvgIpc) is 3.50. The molecule has 4 aromatic rings. The van der Waals surface area contributed by atoms with Gasteiger partial charge in [0.05, 0.1) is 40.8 Å². The molecule has 38 heavy (non-hydrogen) atoms. The van der Waals surface area contributed by atoms with Crippen molar-refractivity contribution in [2.45, 2.75) is 12.1 Å². The van der Waals surface area contributed by atoms with Gasteiger partial charge in [-0.05, 0) is 72.9 Å². The van der Waals surface area contributed by atoms with Gasteiger partial charge < -0.3 is 19.4 Å². The van der Waals surface area contributed by atoms with Crippen LogP contribution in [0.5, 0.6) is 5.75 Å². The zero-order chi connectivity index (χ0) is 27.0. The van der Waals surface area contributed by atoms with Crippen molar-refractivity contribution in [3.05, 3.63) is 94.4 Å². The molecule has 12 heteroatoms. The molecular formula is C26H22Cl2N4O4S2. The maximum atomic E-state index is 12.0. The molecule has 1 aliphatic heterocycles. The van der Waals surface area contributed by atoms with E-state index in [9.17, 15) is 8.42 Å². The zero-order valence-corrected chi connectivity index (χ0v) is 23.3. The van der Waals surface area contributed by atoms with E-state index in [0.29, 0.717) is 38.1 Å². The van der Waals surface area contributed by atoms with Crippen LogP contribution in [0, 0.1) is 0 Å². The van der Waals surface area contributed by atoms with Crippen molar-refractivity contribution < 1.29 is 17.6 Å². The number of methoxy groups -OCH3 is 1. The fourth-order valence-corrected chi connectivity index (χ4v) is 5.57. The van der Waals surface area contributed by atoms with E-state index in [1.165, 1.54) is 7.11 Å². The van der Waals surface area contributed by atoms with Crippen molar-refractivity contribution in [3.8, 4) is 17.1 Å². The van der Waals surface area contributed by atoms with Crippen LogP contribution in [0.2, 0.25) is 10.0 Å². The van der Waals surface area contributed by atoms with Crippen LogP contribution < -0.4 is 19.7 Å². The van der Waals surface area contributed by atoms with Crippen molar-refractivity contribution in [2.75, 3.05) is 23.0 Å². The lowest BCUT2D eigenvalue weighted by Gasteiger charge is -2.27. The van der Waals surface area contributed by atoms with E-state index in [1.807, 2.05) is 41.3 Å². The molecule has 2 aromatic heterocycles. The van der Waals surface area contributed by atoms with Crippen molar-refractivity contribution in [2.24, 2.45) is 0 Å². The van der Waals surface area contributed by atoms with E-state index >= 15 is 0 Å². The minimum absolute atomic E-state index is 0.284. The predicted octanol–water partition coefficient (Wildman–Crippen LogP) is 6.21. The largest absolute Gasteiger partial charge is 0.495 e. The first-order valence-corrected chi connectivity index (χ1v) is 14.4. The Hall–Kier alpha value is -3.31. The monoisotopic (exact) mass is 588 g/mol. The molecule has 0 radical (unpaired) electrons. The zero-order valence-electron chi connectivity index (χ0n) is 20.2. The molecule has 1 saturated heterocycles. The number of nitrogens with one attached hydrogen (secondary N) is 2. The van der Waals surface area contributed by atoms with Crippen molar-refractivity contribution in [1.82, 2.24) is 10.3 Å². The Morgan fingerprint density at radius 2 is 1.89 bits per heavy atom. The maximum Gasteiger partial charge on any atom is 0.229 e. The first-order chi connectivity index (χ1) is 18.1. The van der Waals surface area contributed by atoms with E-state index in [2.05, 4.69) is 15.0 Å². The maximum absolute atomic E-state index is 12.0. The first kappa shape index (κ1) is 26.3. The number of pyridine rings is 1. The van der Waals surface area contributed by atoms with Gasteiger partial charge in [-0.2, -0.15) is 0 Å². The van der Waals surface area contributed by atoms with E-state index in [4.69, 9.17) is 44.6 Å². The lowest BCUT2D eigenvalue weighted by molar-refractivity contribution is 0.416. The van der Waals surface area contributed by atoms with Gasteiger partial charge in [-0.15, -0.1) is 0 Å². The molecule has 3 heterocycles. The van der Waals surface area contributed by atoms with Gasteiger partial charge in [0.25, 0.3) is 0 Å². The molecule has 196 valence electrons. The van der Waals surface area contributed by atoms with Crippen LogP contribution in [0.1, 0.15) is 23.5 Å². The van der Waals surface area contributed by atoms with E-state index in [1.54, 1.807) is 36.5 Å². The Kier molecular flexibility index (Phi) is 7.23. The van der Waals surface area contributed by atoms with Crippen molar-refractivity contribution in [3.63, 3.8) is 0 Å². The normalized spacial score (nSPS) is 17.4. The van der Waals surface area contributed by atoms with Gasteiger partial charge in [-0.1, -0.05) is 29.3 Å². The predicted molar refractivity (Wildman–Crippen MR) is 154 cm³/mol. The number of rotatable bonds is 7. The number of benzene rings is 2. The van der Waals surface area contributed by atoms with Gasteiger partial charge in [0, 0.05) is 17.4 Å². The van der Waals surface area contributed by atoms with Gasteiger partial charge in [0.1, 0.15) is 23.3 Å². The highest BCUT2D eigenvalue weighted by Gasteiger charge is 2.42. The van der Waals surface area contributed by atoms with Gasteiger partial charge >= 0.3 is 0 Å². The minimum atomic E-state index is -3.56. The Labute approximate surface area is 235 Å². The van der Waals surface area contributed by atoms with Crippen LogP contribution in [0.25, 0.3) is 11.3 Å². The summed E-state index contributed by atoms with van der Waals surface area (Å²) >= 11 is 18.1. The Bertz CT molecular complexity index is 1610. The van der Waals surface area contributed by atoms with Gasteiger partial charge in [0.15, 0.2) is 5.11 Å². The number of hydrogen-bond donors (Lipinski definition) is 2. The second-order valence-corrected chi connectivity index (χ2v) is 11.5. The summed E-state index contributed by atoms with van der Waals surface area (Å²) in [5.41, 5.74) is 2.44. The third-order valence-corrected chi connectivity index (χ3v) is 7.62. The van der Waals surface area contributed by atoms with E-state index in [0.717, 1.165) is 17.5 Å². The second-order valence-electron chi connectivity index (χ2n) is 8.59. The van der Waals surface area contributed by atoms with Crippen LogP contribution in [0.3, 0.4) is 0 Å². The number of nitrogens with zero attached hydrogens (tertiary/aromatic N) is 2. The Balaban J connectivity index is 1.61. The summed E-state index contributed by atoms with van der Waals surface area (Å²) in [7, 11) is -2.09. The topological polar surface area (TPSA) is 96.7 Å². The number of furan rings is 1. The highest BCUT2D eigenvalue weighted by molar-refractivity contribution is 7.92. The Morgan fingerprint density at radius 3 is 2.58 bits per heavy atom. The smallest absolute Gasteiger partial charge is 0.229 e. The molecule has 0 amide bonds. The highest BCUT2D eigenvalue weighted by Crippen LogP contribution is 2.44. The summed E-state index contributed by atoms with van der Waals surface area (Å²) in [6, 6.07) is 19.0. The molecule has 0 saturated carbocycles. The van der Waals surface area contributed by atoms with Crippen LogP contribution in [0.15, 0.2) is 77.3 Å². The molecule has 0 bridgehead atoms. The third-order valence-electron chi connectivity index (χ3n) is 5.98. The molecule has 2 aromatic carbocycles. The molecular weight excluding hydrogens is 567 g/mol. The summed E-state index contributed by atoms with van der Waals surface area (Å²) in [6.07, 6.45) is 2.79. The Morgan fingerprint density at radius 1 is 1.08 bits per heavy atom. The summed E-state index contributed by atoms with van der Waals surface area (Å²) < 4.78 is 38.2. The summed E-state index contributed by atoms with van der Waals surface area (Å²) in [6.45, 7) is 0. The van der Waals surface area contributed by atoms with Gasteiger partial charge in [-0.25, -0.2) is 8.42 Å². The van der Waals surface area contributed by atoms with Crippen molar-refractivity contribution >= 4 is 61.9 Å². The van der Waals surface area contributed by atoms with Crippen LogP contribution in [0.4, 0.5) is 11.4 Å². The van der Waals surface area contributed by atoms with Crippen LogP contribution >= 0.6 is 35.4 Å². The fraction of sp³-hybridized carbons (Fsp3) is 0.154. The number of anilines is 2. The summed E-state index contributed by atoms with van der Waals surface area (Å²) in [5, 5.41) is 4.65. The summed E-state index contributed by atoms with van der Waals surface area (Å²) in [4.78, 5) is 6.42. The van der Waals surface area contributed by atoms with Crippen molar-refractivity contribution in [1.29, 1.82) is 0 Å². The summed E-state index contributed by atoms with van der Waals surface area (Å²) in [5.74, 6) is 1.59. The van der Waals surface area contributed by atoms with Gasteiger partial charge in [0.2, 0.25) is 10.0 Å². The molecule has 2 atom stereocenters. The lowest BCUT2D eigenvalue weighted by Crippen LogP contribution is -2.29. The van der Waals surface area contributed by atoms with Crippen LogP contribution in [-0.2, 0) is 10.0 Å². The third kappa shape index (κ3) is 5.30. The number of hydrogen-bond acceptors (Lipinski definition) is 6. The number of aromatic nitrogens is 1. The first-order valence-electron chi connectivity index (χ1n) is 11.4. The van der Waals surface area contributed by atoms with E-state index < -0.39 is 16.1 Å². The number of ether oxygens (including phenoxy) is 1. The van der Waals surface area contributed by atoms with Crippen LogP contribution in [-0.4, -0.2) is 31.9 Å². The standard InChI is InChI=1S/C26H22Cl2N4O4S2/c1-35-22-9-7-16(14-20(22)31-38(2,33)34)32-25(24(30-26(32)37)19-5-3-4-12-29-19)23-11-10-21(36-23)15-6-8-17(27)18(28)13-15/h3-14,24-25,31H,1-2H3,(H,30,37)/t24-,25+/m1/s1. The second kappa shape index (κ2) is 10.5. The fourth-order valence-electron chi connectivity index (χ4n) is 4.36. The highest BCUT2D eigenvalue weighted by atomic mass is 35.5. The SMILES string of the molecule is COc1ccc(N2C(=S)N[C@H](c3ccccn3)[C@@H]2c2ccc(-c3ccc(Cl)c(Cl)c3)o2)cc1NS(C)(=O)=O. The number of thiocarbonyl (C=S) groups is 1. The molecule has 1 fully saturated rings. The molecule has 0 aliphatic carbocycles. The quantitative estimate of drug-likeness (QED) is 0.246. The van der Waals surface area contributed by atoms with E-state index in [-0.39, 0.29) is 11.7 Å². The molecule has 1 aliphatic rings. The lowest BCUT2D eigenvalue weighted by atomic mass is 10.0. The molecule has 0 spiro atoms. The van der Waals surface area contributed by atoms with Gasteiger partial charge in [-0.3, -0.25) is 9.71 Å².